The summed E-state index contributed by atoms with van der Waals surface area (Å²) in [5, 5.41) is 0. The largest absolute Gasteiger partial charge is 0.466 e. The van der Waals surface area contributed by atoms with Gasteiger partial charge in [-0.05, 0) is 80.5 Å². The lowest BCUT2D eigenvalue weighted by Gasteiger charge is -2.31. The van der Waals surface area contributed by atoms with Crippen LogP contribution in [-0.2, 0) is 26.1 Å². The number of carbonyl (C=O) groups excluding carboxylic acids is 1. The van der Waals surface area contributed by atoms with Crippen LogP contribution in [-0.4, -0.2) is 31.8 Å². The van der Waals surface area contributed by atoms with Gasteiger partial charge in [0.25, 0.3) is 0 Å². The van der Waals surface area contributed by atoms with Crippen LogP contribution in [0.3, 0.4) is 0 Å². The van der Waals surface area contributed by atoms with Crippen molar-refractivity contribution in [3.63, 3.8) is 0 Å². The van der Waals surface area contributed by atoms with Crippen molar-refractivity contribution >= 4 is 31.9 Å². The molecule has 2 aromatic carbocycles. The van der Waals surface area contributed by atoms with Crippen molar-refractivity contribution in [2.75, 3.05) is 13.2 Å². The zero-order chi connectivity index (χ0) is 22.4. The van der Waals surface area contributed by atoms with E-state index < -0.39 is 15.8 Å². The maximum atomic E-state index is 13.4. The monoisotopic (exact) mass is 511 g/mol. The number of hydrogen-bond donors (Lipinski definition) is 0. The second-order valence-electron chi connectivity index (χ2n) is 7.85. The van der Waals surface area contributed by atoms with Gasteiger partial charge in [-0.25, -0.2) is 12.8 Å². The Balaban J connectivity index is 1.78. The van der Waals surface area contributed by atoms with Gasteiger partial charge in [-0.3, -0.25) is 4.79 Å². The molecule has 1 fully saturated rings. The number of rotatable bonds is 8. The van der Waals surface area contributed by atoms with Gasteiger partial charge >= 0.3 is 5.97 Å². The Morgan fingerprint density at radius 3 is 2.42 bits per heavy atom. The number of halogens is 2. The van der Waals surface area contributed by atoms with Crippen LogP contribution in [0.15, 0.2) is 57.9 Å². The Morgan fingerprint density at radius 2 is 1.81 bits per heavy atom. The molecule has 1 aliphatic carbocycles. The number of hydrogen-bond acceptors (Lipinski definition) is 4. The van der Waals surface area contributed by atoms with Gasteiger partial charge in [0.05, 0.1) is 17.4 Å². The summed E-state index contributed by atoms with van der Waals surface area (Å²) >= 11 is 3.43. The molecular formula is C23H27BrFNO4S. The van der Waals surface area contributed by atoms with E-state index in [9.17, 15) is 17.6 Å². The molecule has 0 unspecified atom stereocenters. The average Bonchev–Trinajstić information content (AvgIpc) is 2.74. The summed E-state index contributed by atoms with van der Waals surface area (Å²) < 4.78 is 47.6. The molecule has 0 N–H and O–H groups in total. The first-order valence-corrected chi connectivity index (χ1v) is 12.7. The van der Waals surface area contributed by atoms with Gasteiger partial charge in [-0.15, -0.1) is 0 Å². The summed E-state index contributed by atoms with van der Waals surface area (Å²) in [7, 11) is -3.81. The van der Waals surface area contributed by atoms with E-state index in [0.29, 0.717) is 26.0 Å². The fraction of sp³-hybridized carbons (Fsp3) is 0.435. The molecule has 3 rings (SSSR count). The summed E-state index contributed by atoms with van der Waals surface area (Å²) in [5.41, 5.74) is 0.861. The third kappa shape index (κ3) is 6.37. The van der Waals surface area contributed by atoms with Gasteiger partial charge in [0, 0.05) is 17.6 Å². The first-order chi connectivity index (χ1) is 14.8. The van der Waals surface area contributed by atoms with Crippen molar-refractivity contribution in [3.05, 3.63) is 64.4 Å². The average molecular weight is 512 g/mol. The van der Waals surface area contributed by atoms with Crippen molar-refractivity contribution in [1.82, 2.24) is 4.31 Å². The number of sulfonamides is 1. The van der Waals surface area contributed by atoms with E-state index in [2.05, 4.69) is 15.9 Å². The molecule has 168 valence electrons. The molecule has 0 heterocycles. The highest BCUT2D eigenvalue weighted by Gasteiger charge is 2.32. The van der Waals surface area contributed by atoms with Gasteiger partial charge in [0.1, 0.15) is 5.82 Å². The molecule has 8 heteroatoms. The molecule has 0 radical (unpaired) electrons. The predicted molar refractivity (Wildman–Crippen MR) is 120 cm³/mol. The third-order valence-corrected chi connectivity index (χ3v) is 7.95. The quantitative estimate of drug-likeness (QED) is 0.459. The van der Waals surface area contributed by atoms with Gasteiger partial charge in [0.2, 0.25) is 10.0 Å². The number of carbonyl (C=O) groups is 1. The number of ether oxygens (including phenoxy) is 1. The van der Waals surface area contributed by atoms with Crippen LogP contribution in [0, 0.1) is 17.7 Å². The maximum Gasteiger partial charge on any atom is 0.308 e. The molecule has 0 amide bonds. The van der Waals surface area contributed by atoms with E-state index in [1.807, 2.05) is 24.3 Å². The molecule has 2 aromatic rings. The molecule has 31 heavy (non-hydrogen) atoms. The van der Waals surface area contributed by atoms with E-state index in [0.717, 1.165) is 35.0 Å². The van der Waals surface area contributed by atoms with Crippen molar-refractivity contribution in [2.24, 2.45) is 11.8 Å². The van der Waals surface area contributed by atoms with Crippen molar-refractivity contribution in [1.29, 1.82) is 0 Å². The second kappa shape index (κ2) is 10.7. The lowest BCUT2D eigenvalue weighted by atomic mass is 9.82. The summed E-state index contributed by atoms with van der Waals surface area (Å²) in [6.07, 6.45) is 2.92. The summed E-state index contributed by atoms with van der Waals surface area (Å²) in [5.74, 6) is -0.600. The Labute approximate surface area is 191 Å². The Hall–Kier alpha value is -1.77. The van der Waals surface area contributed by atoms with Crippen LogP contribution in [0.2, 0.25) is 0 Å². The minimum absolute atomic E-state index is 0.0732. The molecule has 0 atom stereocenters. The smallest absolute Gasteiger partial charge is 0.308 e. The van der Waals surface area contributed by atoms with Crippen LogP contribution in [0.25, 0.3) is 0 Å². The molecule has 5 nitrogen and oxygen atoms in total. The minimum atomic E-state index is -3.81. The van der Waals surface area contributed by atoms with Gasteiger partial charge < -0.3 is 4.74 Å². The number of benzene rings is 2. The molecule has 0 saturated heterocycles. The molecule has 1 aliphatic rings. The Morgan fingerprint density at radius 1 is 1.13 bits per heavy atom. The number of nitrogens with zero attached hydrogens (tertiary/aromatic N) is 1. The zero-order valence-corrected chi connectivity index (χ0v) is 19.9. The molecular weight excluding hydrogens is 485 g/mol. The van der Waals surface area contributed by atoms with Gasteiger partial charge in [-0.2, -0.15) is 4.31 Å². The van der Waals surface area contributed by atoms with Crippen molar-refractivity contribution in [2.45, 2.75) is 44.0 Å². The van der Waals surface area contributed by atoms with Crippen LogP contribution >= 0.6 is 15.9 Å². The Bertz CT molecular complexity index is 989. The van der Waals surface area contributed by atoms with Crippen molar-refractivity contribution in [3.8, 4) is 0 Å². The van der Waals surface area contributed by atoms with Crippen LogP contribution in [0.5, 0.6) is 0 Å². The zero-order valence-electron chi connectivity index (χ0n) is 17.5. The van der Waals surface area contributed by atoms with Crippen molar-refractivity contribution < 1.29 is 22.3 Å². The Kier molecular flexibility index (Phi) is 8.24. The fourth-order valence-corrected chi connectivity index (χ4v) is 5.92. The molecule has 0 bridgehead atoms. The van der Waals surface area contributed by atoms with Crippen LogP contribution < -0.4 is 0 Å². The molecule has 0 aliphatic heterocycles. The molecule has 0 aromatic heterocycles. The highest BCUT2D eigenvalue weighted by molar-refractivity contribution is 9.10. The normalized spacial score (nSPS) is 19.4. The SMILES string of the molecule is CCOC(=O)C1CCC(CN(Cc2cccc(Br)c2)S(=O)(=O)c2ccc(F)cc2)CC1. The lowest BCUT2D eigenvalue weighted by Crippen LogP contribution is -2.37. The third-order valence-electron chi connectivity index (χ3n) is 5.63. The summed E-state index contributed by atoms with van der Waals surface area (Å²) in [6, 6.07) is 12.5. The first-order valence-electron chi connectivity index (χ1n) is 10.5. The van der Waals surface area contributed by atoms with Crippen LogP contribution in [0.4, 0.5) is 4.39 Å². The number of esters is 1. The van der Waals surface area contributed by atoms with Crippen LogP contribution in [0.1, 0.15) is 38.2 Å². The molecule has 0 spiro atoms. The summed E-state index contributed by atoms with van der Waals surface area (Å²) in [4.78, 5) is 12.1. The van der Waals surface area contributed by atoms with Gasteiger partial charge in [-0.1, -0.05) is 28.1 Å². The molecule has 1 saturated carbocycles. The highest BCUT2D eigenvalue weighted by atomic mass is 79.9. The van der Waals surface area contributed by atoms with E-state index >= 15 is 0 Å². The van der Waals surface area contributed by atoms with E-state index in [1.165, 1.54) is 16.4 Å². The predicted octanol–water partition coefficient (Wildman–Crippen LogP) is 5.15. The minimum Gasteiger partial charge on any atom is -0.466 e. The fourth-order valence-electron chi connectivity index (χ4n) is 3.97. The topological polar surface area (TPSA) is 63.7 Å². The highest BCUT2D eigenvalue weighted by Crippen LogP contribution is 2.32. The first kappa shape index (κ1) is 23.9. The maximum absolute atomic E-state index is 13.4. The lowest BCUT2D eigenvalue weighted by molar-refractivity contribution is -0.149. The van der Waals surface area contributed by atoms with E-state index in [-0.39, 0.29) is 29.2 Å². The second-order valence-corrected chi connectivity index (χ2v) is 10.7. The standard InChI is InChI=1S/C23H27BrFNO4S/c1-2-30-23(27)19-8-6-17(7-9-19)15-26(16-18-4-3-5-20(24)14-18)31(28,29)22-12-10-21(25)11-13-22/h3-5,10-14,17,19H,2,6-9,15-16H2,1H3. The van der Waals surface area contributed by atoms with E-state index in [4.69, 9.17) is 4.74 Å². The van der Waals surface area contributed by atoms with E-state index in [1.54, 1.807) is 6.92 Å². The summed E-state index contributed by atoms with van der Waals surface area (Å²) in [6.45, 7) is 2.73. The van der Waals surface area contributed by atoms with Gasteiger partial charge in [0.15, 0.2) is 0 Å².